The van der Waals surface area contributed by atoms with E-state index in [2.05, 4.69) is 13.2 Å². The second kappa shape index (κ2) is 3.20. The van der Waals surface area contributed by atoms with Crippen molar-refractivity contribution in [3.05, 3.63) is 24.8 Å². The topological polar surface area (TPSA) is 43.1 Å². The SMILES string of the molecule is C=C[C@H](N)C(=O)C(=C)C. The molecule has 0 bridgehead atoms. The molecule has 0 saturated heterocycles. The van der Waals surface area contributed by atoms with Gasteiger partial charge in [0.05, 0.1) is 6.04 Å². The van der Waals surface area contributed by atoms with E-state index >= 15 is 0 Å². The normalized spacial score (nSPS) is 12.2. The van der Waals surface area contributed by atoms with Gasteiger partial charge in [0, 0.05) is 0 Å². The molecular weight excluding hydrogens is 114 g/mol. The molecule has 0 unspecified atom stereocenters. The number of rotatable bonds is 3. The molecule has 0 radical (unpaired) electrons. The molecule has 0 aromatic rings. The smallest absolute Gasteiger partial charge is 0.178 e. The second-order valence-corrected chi connectivity index (χ2v) is 1.91. The van der Waals surface area contributed by atoms with Crippen LogP contribution in [0.25, 0.3) is 0 Å². The van der Waals surface area contributed by atoms with Gasteiger partial charge in [-0.15, -0.1) is 6.58 Å². The van der Waals surface area contributed by atoms with Crippen molar-refractivity contribution in [2.75, 3.05) is 0 Å². The number of carbonyl (C=O) groups excluding carboxylic acids is 1. The summed E-state index contributed by atoms with van der Waals surface area (Å²) in [6, 6.07) is -0.581. The highest BCUT2D eigenvalue weighted by atomic mass is 16.1. The van der Waals surface area contributed by atoms with Crippen LogP contribution in [-0.4, -0.2) is 11.8 Å². The van der Waals surface area contributed by atoms with E-state index in [9.17, 15) is 4.79 Å². The lowest BCUT2D eigenvalue weighted by Crippen LogP contribution is -2.27. The van der Waals surface area contributed by atoms with Gasteiger partial charge in [0.15, 0.2) is 5.78 Å². The van der Waals surface area contributed by atoms with Crippen LogP contribution in [0.1, 0.15) is 6.92 Å². The predicted molar refractivity (Wildman–Crippen MR) is 38.0 cm³/mol. The Bertz CT molecular complexity index is 149. The van der Waals surface area contributed by atoms with Crippen LogP contribution in [0.3, 0.4) is 0 Å². The number of carbonyl (C=O) groups is 1. The van der Waals surface area contributed by atoms with Crippen molar-refractivity contribution in [3.8, 4) is 0 Å². The Morgan fingerprint density at radius 1 is 1.78 bits per heavy atom. The van der Waals surface area contributed by atoms with Gasteiger partial charge in [0.1, 0.15) is 0 Å². The van der Waals surface area contributed by atoms with Crippen molar-refractivity contribution < 1.29 is 4.79 Å². The maximum absolute atomic E-state index is 10.8. The summed E-state index contributed by atoms with van der Waals surface area (Å²) < 4.78 is 0. The molecular formula is C7H11NO. The molecule has 2 heteroatoms. The lowest BCUT2D eigenvalue weighted by molar-refractivity contribution is -0.115. The molecule has 0 saturated carbocycles. The number of hydrogen-bond acceptors (Lipinski definition) is 2. The first-order chi connectivity index (χ1) is 4.09. The fraction of sp³-hybridized carbons (Fsp3) is 0.286. The predicted octanol–water partition coefficient (Wildman–Crippen LogP) is 0.645. The van der Waals surface area contributed by atoms with Gasteiger partial charge in [-0.3, -0.25) is 4.79 Å². The molecule has 0 aliphatic heterocycles. The molecule has 0 aromatic heterocycles. The summed E-state index contributed by atoms with van der Waals surface area (Å²) >= 11 is 0. The Hall–Kier alpha value is -0.890. The zero-order valence-corrected chi connectivity index (χ0v) is 5.55. The summed E-state index contributed by atoms with van der Waals surface area (Å²) in [5, 5.41) is 0. The van der Waals surface area contributed by atoms with Crippen LogP contribution in [0.2, 0.25) is 0 Å². The minimum atomic E-state index is -0.581. The Balaban J connectivity index is 4.03. The Labute approximate surface area is 55.1 Å². The molecule has 2 nitrogen and oxygen atoms in total. The van der Waals surface area contributed by atoms with Crippen LogP contribution >= 0.6 is 0 Å². The summed E-state index contributed by atoms with van der Waals surface area (Å²) in [6.07, 6.45) is 1.40. The Morgan fingerprint density at radius 3 is 2.33 bits per heavy atom. The van der Waals surface area contributed by atoms with E-state index in [4.69, 9.17) is 5.73 Å². The van der Waals surface area contributed by atoms with Gasteiger partial charge in [-0.2, -0.15) is 0 Å². The third-order valence-electron chi connectivity index (χ3n) is 0.977. The van der Waals surface area contributed by atoms with Crippen LogP contribution in [0.4, 0.5) is 0 Å². The summed E-state index contributed by atoms with van der Waals surface area (Å²) in [6.45, 7) is 8.45. The van der Waals surface area contributed by atoms with Gasteiger partial charge in [-0.25, -0.2) is 0 Å². The Morgan fingerprint density at radius 2 is 2.22 bits per heavy atom. The highest BCUT2D eigenvalue weighted by molar-refractivity contribution is 5.99. The van der Waals surface area contributed by atoms with Crippen molar-refractivity contribution >= 4 is 5.78 Å². The number of ketones is 1. The summed E-state index contributed by atoms with van der Waals surface area (Å²) in [4.78, 5) is 10.8. The van der Waals surface area contributed by atoms with E-state index in [1.54, 1.807) is 6.92 Å². The van der Waals surface area contributed by atoms with Gasteiger partial charge in [-0.1, -0.05) is 12.7 Å². The fourth-order valence-corrected chi connectivity index (χ4v) is 0.392. The molecule has 0 heterocycles. The minimum absolute atomic E-state index is 0.148. The second-order valence-electron chi connectivity index (χ2n) is 1.91. The zero-order chi connectivity index (χ0) is 7.44. The fourth-order valence-electron chi connectivity index (χ4n) is 0.392. The summed E-state index contributed by atoms with van der Waals surface area (Å²) in [5.74, 6) is -0.148. The van der Waals surface area contributed by atoms with Crippen molar-refractivity contribution in [2.24, 2.45) is 5.73 Å². The molecule has 0 rings (SSSR count). The molecule has 0 fully saturated rings. The summed E-state index contributed by atoms with van der Waals surface area (Å²) in [7, 11) is 0. The minimum Gasteiger partial charge on any atom is -0.318 e. The third kappa shape index (κ3) is 2.24. The van der Waals surface area contributed by atoms with E-state index in [1.165, 1.54) is 6.08 Å². The molecule has 0 amide bonds. The molecule has 1 atom stereocenters. The molecule has 50 valence electrons. The number of hydrogen-bond donors (Lipinski definition) is 1. The Kier molecular flexibility index (Phi) is 2.88. The maximum atomic E-state index is 10.8. The largest absolute Gasteiger partial charge is 0.318 e. The van der Waals surface area contributed by atoms with E-state index in [0.29, 0.717) is 5.57 Å². The average Bonchev–Trinajstić information content (AvgIpc) is 1.84. The molecule has 0 aromatic carbocycles. The molecule has 0 aliphatic rings. The van der Waals surface area contributed by atoms with E-state index < -0.39 is 6.04 Å². The van der Waals surface area contributed by atoms with Gasteiger partial charge in [-0.05, 0) is 12.5 Å². The van der Waals surface area contributed by atoms with Crippen molar-refractivity contribution in [1.29, 1.82) is 0 Å². The first-order valence-corrected chi connectivity index (χ1v) is 2.67. The van der Waals surface area contributed by atoms with Crippen molar-refractivity contribution in [2.45, 2.75) is 13.0 Å². The molecule has 9 heavy (non-hydrogen) atoms. The molecule has 0 spiro atoms. The van der Waals surface area contributed by atoms with Crippen LogP contribution < -0.4 is 5.73 Å². The van der Waals surface area contributed by atoms with Crippen LogP contribution in [-0.2, 0) is 4.79 Å². The van der Waals surface area contributed by atoms with E-state index in [-0.39, 0.29) is 5.78 Å². The quantitative estimate of drug-likeness (QED) is 0.444. The summed E-state index contributed by atoms with van der Waals surface area (Å²) in [5.41, 5.74) is 5.76. The monoisotopic (exact) mass is 125 g/mol. The van der Waals surface area contributed by atoms with Gasteiger partial charge < -0.3 is 5.73 Å². The zero-order valence-electron chi connectivity index (χ0n) is 5.55. The first-order valence-electron chi connectivity index (χ1n) is 2.67. The van der Waals surface area contributed by atoms with Crippen molar-refractivity contribution in [1.82, 2.24) is 0 Å². The standard InChI is InChI=1S/C7H11NO/c1-4-6(8)7(9)5(2)3/h4,6H,1-2,8H2,3H3/t6-/m0/s1. The maximum Gasteiger partial charge on any atom is 0.178 e. The molecule has 2 N–H and O–H groups in total. The van der Waals surface area contributed by atoms with Gasteiger partial charge >= 0.3 is 0 Å². The highest BCUT2D eigenvalue weighted by Gasteiger charge is 2.08. The highest BCUT2D eigenvalue weighted by Crippen LogP contribution is 1.93. The lowest BCUT2D eigenvalue weighted by Gasteiger charge is -2.01. The van der Waals surface area contributed by atoms with Crippen molar-refractivity contribution in [3.63, 3.8) is 0 Å². The number of Topliss-reactive ketones (excluding diaryl/α,β-unsaturated/α-hetero) is 1. The number of nitrogens with two attached hydrogens (primary N) is 1. The van der Waals surface area contributed by atoms with E-state index in [1.807, 2.05) is 0 Å². The van der Waals surface area contributed by atoms with Crippen LogP contribution in [0, 0.1) is 0 Å². The van der Waals surface area contributed by atoms with Gasteiger partial charge in [0.25, 0.3) is 0 Å². The van der Waals surface area contributed by atoms with Gasteiger partial charge in [0.2, 0.25) is 0 Å². The lowest BCUT2D eigenvalue weighted by atomic mass is 10.1. The van der Waals surface area contributed by atoms with Crippen LogP contribution in [0.15, 0.2) is 24.8 Å². The third-order valence-corrected chi connectivity index (χ3v) is 0.977. The average molecular weight is 125 g/mol. The van der Waals surface area contributed by atoms with E-state index in [0.717, 1.165) is 0 Å². The van der Waals surface area contributed by atoms with Crippen LogP contribution in [0.5, 0.6) is 0 Å². The first kappa shape index (κ1) is 8.11. The molecule has 0 aliphatic carbocycles.